The summed E-state index contributed by atoms with van der Waals surface area (Å²) in [4.78, 5) is 0. The van der Waals surface area contributed by atoms with Crippen LogP contribution >= 0.6 is 11.8 Å². The molecular formula is C13H17NOS. The molecule has 1 N–H and O–H groups in total. The molecule has 2 nitrogen and oxygen atoms in total. The van der Waals surface area contributed by atoms with Gasteiger partial charge in [0, 0.05) is 17.5 Å². The van der Waals surface area contributed by atoms with E-state index in [2.05, 4.69) is 23.5 Å². The molecule has 1 aromatic carbocycles. The first-order chi connectivity index (χ1) is 7.92. The smallest absolute Gasteiger partial charge is 0.122 e. The van der Waals surface area contributed by atoms with Crippen LogP contribution in [-0.2, 0) is 6.42 Å². The van der Waals surface area contributed by atoms with Crippen LogP contribution in [0.3, 0.4) is 0 Å². The van der Waals surface area contributed by atoms with Crippen LogP contribution in [0.4, 0.5) is 5.69 Å². The van der Waals surface area contributed by atoms with Gasteiger partial charge in [0.05, 0.1) is 6.61 Å². The predicted molar refractivity (Wildman–Crippen MR) is 69.6 cm³/mol. The minimum absolute atomic E-state index is 0.660. The minimum Gasteiger partial charge on any atom is -0.493 e. The summed E-state index contributed by atoms with van der Waals surface area (Å²) in [6.07, 6.45) is 3.60. The monoisotopic (exact) mass is 235 g/mol. The van der Waals surface area contributed by atoms with Crippen molar-refractivity contribution < 1.29 is 4.74 Å². The predicted octanol–water partition coefficient (Wildman–Crippen LogP) is 2.93. The first kappa shape index (κ1) is 10.3. The first-order valence-corrected chi connectivity index (χ1v) is 7.17. The number of rotatable bonds is 2. The highest BCUT2D eigenvalue weighted by molar-refractivity contribution is 7.99. The van der Waals surface area contributed by atoms with Crippen LogP contribution in [0, 0.1) is 0 Å². The van der Waals surface area contributed by atoms with E-state index in [-0.39, 0.29) is 0 Å². The Bertz CT molecular complexity index is 374. The lowest BCUT2D eigenvalue weighted by molar-refractivity contribution is 0.288. The molecule has 86 valence electrons. The molecule has 2 heterocycles. The molecule has 1 atom stereocenters. The molecule has 2 aliphatic heterocycles. The molecule has 0 saturated carbocycles. The van der Waals surface area contributed by atoms with E-state index < -0.39 is 0 Å². The normalized spacial score (nSPS) is 23.6. The number of anilines is 1. The summed E-state index contributed by atoms with van der Waals surface area (Å²) in [5.41, 5.74) is 2.62. The summed E-state index contributed by atoms with van der Waals surface area (Å²) in [5.74, 6) is 3.62. The standard InChI is InChI=1S/C13H17NOS/c1-2-10-8-11(3-4-13(10)15-6-1)14-12-5-7-16-9-12/h3-4,8,12,14H,1-2,5-7,9H2. The average molecular weight is 235 g/mol. The van der Waals surface area contributed by atoms with Crippen molar-refractivity contribution in [3.8, 4) is 5.75 Å². The Morgan fingerprint density at radius 1 is 1.38 bits per heavy atom. The molecular weight excluding hydrogens is 218 g/mol. The van der Waals surface area contributed by atoms with Crippen LogP contribution in [-0.4, -0.2) is 24.2 Å². The van der Waals surface area contributed by atoms with Gasteiger partial charge in [-0.15, -0.1) is 0 Å². The topological polar surface area (TPSA) is 21.3 Å². The van der Waals surface area contributed by atoms with E-state index in [1.54, 1.807) is 0 Å². The summed E-state index contributed by atoms with van der Waals surface area (Å²) < 4.78 is 5.62. The fraction of sp³-hybridized carbons (Fsp3) is 0.538. The van der Waals surface area contributed by atoms with Gasteiger partial charge in [-0.05, 0) is 48.8 Å². The molecule has 16 heavy (non-hydrogen) atoms. The van der Waals surface area contributed by atoms with Crippen LogP contribution < -0.4 is 10.1 Å². The van der Waals surface area contributed by atoms with E-state index in [4.69, 9.17) is 4.74 Å². The van der Waals surface area contributed by atoms with E-state index in [0.29, 0.717) is 6.04 Å². The molecule has 2 aliphatic rings. The lowest BCUT2D eigenvalue weighted by atomic mass is 10.1. The number of hydrogen-bond acceptors (Lipinski definition) is 3. The third-order valence-electron chi connectivity index (χ3n) is 3.21. The Morgan fingerprint density at radius 2 is 2.38 bits per heavy atom. The largest absolute Gasteiger partial charge is 0.493 e. The molecule has 3 rings (SSSR count). The molecule has 1 fully saturated rings. The van der Waals surface area contributed by atoms with Gasteiger partial charge in [-0.1, -0.05) is 0 Å². The fourth-order valence-electron chi connectivity index (χ4n) is 2.33. The third kappa shape index (κ3) is 2.14. The van der Waals surface area contributed by atoms with Crippen molar-refractivity contribution in [1.29, 1.82) is 0 Å². The lowest BCUT2D eigenvalue weighted by Crippen LogP contribution is -2.18. The highest BCUT2D eigenvalue weighted by Gasteiger charge is 2.16. The lowest BCUT2D eigenvalue weighted by Gasteiger charge is -2.19. The summed E-state index contributed by atoms with van der Waals surface area (Å²) in [6, 6.07) is 7.18. The maximum absolute atomic E-state index is 5.62. The van der Waals surface area contributed by atoms with Gasteiger partial charge in [-0.2, -0.15) is 11.8 Å². The Morgan fingerprint density at radius 3 is 3.25 bits per heavy atom. The van der Waals surface area contributed by atoms with Crippen molar-refractivity contribution in [3.05, 3.63) is 23.8 Å². The second kappa shape index (κ2) is 4.58. The number of aryl methyl sites for hydroxylation is 1. The maximum Gasteiger partial charge on any atom is 0.122 e. The summed E-state index contributed by atoms with van der Waals surface area (Å²) >= 11 is 2.04. The fourth-order valence-corrected chi connectivity index (χ4v) is 3.49. The third-order valence-corrected chi connectivity index (χ3v) is 4.37. The number of ether oxygens (including phenoxy) is 1. The molecule has 1 aromatic rings. The van der Waals surface area contributed by atoms with Crippen LogP contribution in [0.25, 0.3) is 0 Å². The first-order valence-electron chi connectivity index (χ1n) is 6.02. The van der Waals surface area contributed by atoms with Crippen molar-refractivity contribution in [3.63, 3.8) is 0 Å². The zero-order valence-corrected chi connectivity index (χ0v) is 10.2. The number of benzene rings is 1. The highest BCUT2D eigenvalue weighted by atomic mass is 32.2. The molecule has 0 bridgehead atoms. The summed E-state index contributed by atoms with van der Waals surface area (Å²) in [6.45, 7) is 0.874. The zero-order valence-electron chi connectivity index (χ0n) is 9.37. The van der Waals surface area contributed by atoms with Crippen LogP contribution in [0.2, 0.25) is 0 Å². The second-order valence-corrected chi connectivity index (χ2v) is 5.63. The summed E-state index contributed by atoms with van der Waals surface area (Å²) in [5, 5.41) is 3.61. The molecule has 0 radical (unpaired) electrons. The van der Waals surface area contributed by atoms with Crippen LogP contribution in [0.1, 0.15) is 18.4 Å². The van der Waals surface area contributed by atoms with E-state index >= 15 is 0 Å². The van der Waals surface area contributed by atoms with Crippen LogP contribution in [0.5, 0.6) is 5.75 Å². The maximum atomic E-state index is 5.62. The van der Waals surface area contributed by atoms with Gasteiger partial charge in [0.25, 0.3) is 0 Å². The van der Waals surface area contributed by atoms with Crippen molar-refractivity contribution in [1.82, 2.24) is 0 Å². The van der Waals surface area contributed by atoms with Gasteiger partial charge in [-0.3, -0.25) is 0 Å². The van der Waals surface area contributed by atoms with Crippen molar-refractivity contribution >= 4 is 17.4 Å². The van der Waals surface area contributed by atoms with Gasteiger partial charge in [0.15, 0.2) is 0 Å². The Kier molecular flexibility index (Phi) is 2.96. The zero-order chi connectivity index (χ0) is 10.8. The van der Waals surface area contributed by atoms with E-state index in [1.165, 1.54) is 29.2 Å². The minimum atomic E-state index is 0.660. The van der Waals surface area contributed by atoms with Gasteiger partial charge in [0.2, 0.25) is 0 Å². The van der Waals surface area contributed by atoms with Gasteiger partial charge in [-0.25, -0.2) is 0 Å². The van der Waals surface area contributed by atoms with Crippen LogP contribution in [0.15, 0.2) is 18.2 Å². The van der Waals surface area contributed by atoms with E-state index in [0.717, 1.165) is 25.2 Å². The number of thioether (sulfide) groups is 1. The SMILES string of the molecule is c1cc2c(cc1NC1CCSC1)CCCO2. The molecule has 0 aliphatic carbocycles. The van der Waals surface area contributed by atoms with Crippen molar-refractivity contribution in [2.24, 2.45) is 0 Å². The molecule has 1 unspecified atom stereocenters. The van der Waals surface area contributed by atoms with E-state index in [9.17, 15) is 0 Å². The van der Waals surface area contributed by atoms with E-state index in [1.807, 2.05) is 11.8 Å². The summed E-state index contributed by atoms with van der Waals surface area (Å²) in [7, 11) is 0. The van der Waals surface area contributed by atoms with Crippen molar-refractivity contribution in [2.75, 3.05) is 23.4 Å². The molecule has 3 heteroatoms. The molecule has 0 spiro atoms. The molecule has 1 saturated heterocycles. The quantitative estimate of drug-likeness (QED) is 0.851. The highest BCUT2D eigenvalue weighted by Crippen LogP contribution is 2.29. The van der Waals surface area contributed by atoms with Gasteiger partial charge < -0.3 is 10.1 Å². The average Bonchev–Trinajstić information content (AvgIpc) is 2.82. The second-order valence-electron chi connectivity index (χ2n) is 4.48. The molecule has 0 amide bonds. The van der Waals surface area contributed by atoms with Gasteiger partial charge >= 0.3 is 0 Å². The molecule has 0 aromatic heterocycles. The Labute approximate surface area is 101 Å². The number of nitrogens with one attached hydrogen (secondary N) is 1. The Hall–Kier alpha value is -0.830. The van der Waals surface area contributed by atoms with Gasteiger partial charge in [0.1, 0.15) is 5.75 Å². The Balaban J connectivity index is 1.74. The number of fused-ring (bicyclic) bond motifs is 1. The number of hydrogen-bond donors (Lipinski definition) is 1. The van der Waals surface area contributed by atoms with Crippen molar-refractivity contribution in [2.45, 2.75) is 25.3 Å².